The van der Waals surface area contributed by atoms with Crippen molar-refractivity contribution in [1.29, 1.82) is 0 Å². The van der Waals surface area contributed by atoms with Gasteiger partial charge in [0, 0.05) is 10.5 Å². The maximum atomic E-state index is 13.0. The lowest BCUT2D eigenvalue weighted by molar-refractivity contribution is 0.628. The fourth-order valence-electron chi connectivity index (χ4n) is 2.18. The normalized spacial score (nSPS) is 11.0. The first-order valence-corrected chi connectivity index (χ1v) is 8.39. The summed E-state index contributed by atoms with van der Waals surface area (Å²) in [6.45, 7) is 0. The smallest absolute Gasteiger partial charge is 0.123 e. The number of aromatic nitrogens is 1. The zero-order valence-corrected chi connectivity index (χ0v) is 13.4. The molecule has 1 aromatic heterocycles. The molecule has 4 heteroatoms. The Kier molecular flexibility index (Phi) is 4.83. The van der Waals surface area contributed by atoms with Crippen LogP contribution in [0.15, 0.2) is 76.6 Å². The van der Waals surface area contributed by atoms with E-state index in [9.17, 15) is 4.39 Å². The summed E-state index contributed by atoms with van der Waals surface area (Å²) in [5.74, 6) is -0.250. The molecule has 0 aliphatic carbocycles. The van der Waals surface area contributed by atoms with E-state index in [1.165, 1.54) is 12.1 Å². The van der Waals surface area contributed by atoms with Gasteiger partial charge in [-0.1, -0.05) is 18.2 Å². The Labute approximate surface area is 139 Å². The lowest BCUT2D eigenvalue weighted by atomic mass is 10.1. The zero-order chi connectivity index (χ0) is 16.1. The largest absolute Gasteiger partial charge is 0.253 e. The molecule has 1 heterocycles. The molecular formula is C19H15FN2S. The molecule has 0 radical (unpaired) electrons. The Hall–Kier alpha value is -2.46. The summed E-state index contributed by atoms with van der Waals surface area (Å²) in [7, 11) is 0. The minimum atomic E-state index is -0.250. The Bertz CT molecular complexity index is 829. The van der Waals surface area contributed by atoms with Gasteiger partial charge in [-0.3, -0.25) is 4.99 Å². The Morgan fingerprint density at radius 1 is 0.957 bits per heavy atom. The highest BCUT2D eigenvalue weighted by Crippen LogP contribution is 2.27. The van der Waals surface area contributed by atoms with Crippen LogP contribution in [0, 0.1) is 5.82 Å². The number of hydrogen-bond donors (Lipinski definition) is 0. The minimum Gasteiger partial charge on any atom is -0.253 e. The summed E-state index contributed by atoms with van der Waals surface area (Å²) in [6, 6.07) is 20.0. The van der Waals surface area contributed by atoms with Gasteiger partial charge in [0.25, 0.3) is 0 Å². The monoisotopic (exact) mass is 322 g/mol. The summed E-state index contributed by atoms with van der Waals surface area (Å²) in [4.78, 5) is 10.2. The van der Waals surface area contributed by atoms with E-state index in [0.29, 0.717) is 0 Å². The molecule has 0 aliphatic rings. The molecule has 3 rings (SSSR count). The minimum absolute atomic E-state index is 0.250. The standard InChI is InChI=1S/C19H15FN2S/c1-23-19-8-3-2-6-18(19)21-13-16-5-4-7-17(22-16)14-9-11-15(20)12-10-14/h2-13H,1H3. The molecule has 0 fully saturated rings. The molecule has 3 aromatic rings. The Balaban J connectivity index is 1.88. The molecule has 2 aromatic carbocycles. The van der Waals surface area contributed by atoms with E-state index in [1.54, 1.807) is 30.1 Å². The zero-order valence-electron chi connectivity index (χ0n) is 12.6. The predicted octanol–water partition coefficient (Wildman–Crippen LogP) is 5.36. The van der Waals surface area contributed by atoms with E-state index in [4.69, 9.17) is 0 Å². The number of aliphatic imine (C=N–C) groups is 1. The van der Waals surface area contributed by atoms with Crippen LogP contribution in [0.2, 0.25) is 0 Å². The molecule has 0 saturated heterocycles. The van der Waals surface area contributed by atoms with Crippen molar-refractivity contribution in [2.24, 2.45) is 4.99 Å². The van der Waals surface area contributed by atoms with Gasteiger partial charge in [-0.2, -0.15) is 0 Å². The van der Waals surface area contributed by atoms with Crippen LogP contribution >= 0.6 is 11.8 Å². The van der Waals surface area contributed by atoms with Gasteiger partial charge in [0.05, 0.1) is 23.3 Å². The third-order valence-corrected chi connectivity index (χ3v) is 4.12. The van der Waals surface area contributed by atoms with Gasteiger partial charge in [0.2, 0.25) is 0 Å². The predicted molar refractivity (Wildman–Crippen MR) is 95.1 cm³/mol. The highest BCUT2D eigenvalue weighted by Gasteiger charge is 2.01. The highest BCUT2D eigenvalue weighted by atomic mass is 32.2. The highest BCUT2D eigenvalue weighted by molar-refractivity contribution is 7.98. The van der Waals surface area contributed by atoms with E-state index in [-0.39, 0.29) is 5.82 Å². The van der Waals surface area contributed by atoms with Crippen LogP contribution < -0.4 is 0 Å². The third-order valence-electron chi connectivity index (χ3n) is 3.33. The Morgan fingerprint density at radius 2 is 1.74 bits per heavy atom. The van der Waals surface area contributed by atoms with Gasteiger partial charge in [-0.05, 0) is 54.8 Å². The fraction of sp³-hybridized carbons (Fsp3) is 0.0526. The van der Waals surface area contributed by atoms with Crippen LogP contribution in [0.25, 0.3) is 11.3 Å². The first-order chi connectivity index (χ1) is 11.3. The van der Waals surface area contributed by atoms with E-state index >= 15 is 0 Å². The second kappa shape index (κ2) is 7.20. The average Bonchev–Trinajstić information content (AvgIpc) is 2.61. The molecule has 0 spiro atoms. The summed E-state index contributed by atoms with van der Waals surface area (Å²) in [5, 5.41) is 0. The quantitative estimate of drug-likeness (QED) is 0.477. The van der Waals surface area contributed by atoms with Crippen LogP contribution in [-0.4, -0.2) is 17.5 Å². The SMILES string of the molecule is CSc1ccccc1N=Cc1cccc(-c2ccc(F)cc2)n1. The second-order valence-corrected chi connectivity index (χ2v) is 5.73. The number of hydrogen-bond acceptors (Lipinski definition) is 3. The second-order valence-electron chi connectivity index (χ2n) is 4.88. The molecule has 114 valence electrons. The van der Waals surface area contributed by atoms with Crippen LogP contribution in [0.3, 0.4) is 0 Å². The van der Waals surface area contributed by atoms with Crippen molar-refractivity contribution in [3.8, 4) is 11.3 Å². The van der Waals surface area contributed by atoms with Gasteiger partial charge in [0.15, 0.2) is 0 Å². The molecule has 0 bridgehead atoms. The summed E-state index contributed by atoms with van der Waals surface area (Å²) in [5.41, 5.74) is 3.37. The maximum Gasteiger partial charge on any atom is 0.123 e. The van der Waals surface area contributed by atoms with Gasteiger partial charge in [-0.25, -0.2) is 9.37 Å². The number of thioether (sulfide) groups is 1. The molecular weight excluding hydrogens is 307 g/mol. The molecule has 0 atom stereocenters. The van der Waals surface area contributed by atoms with Gasteiger partial charge >= 0.3 is 0 Å². The first-order valence-electron chi connectivity index (χ1n) is 7.16. The van der Waals surface area contributed by atoms with Crippen molar-refractivity contribution in [1.82, 2.24) is 4.98 Å². The number of nitrogens with zero attached hydrogens (tertiary/aromatic N) is 2. The topological polar surface area (TPSA) is 25.2 Å². The summed E-state index contributed by atoms with van der Waals surface area (Å²) >= 11 is 1.66. The van der Waals surface area contributed by atoms with Crippen molar-refractivity contribution in [3.63, 3.8) is 0 Å². The van der Waals surface area contributed by atoms with E-state index < -0.39 is 0 Å². The van der Waals surface area contributed by atoms with Crippen molar-refractivity contribution >= 4 is 23.7 Å². The van der Waals surface area contributed by atoms with E-state index in [1.807, 2.05) is 48.7 Å². The average molecular weight is 322 g/mol. The molecule has 2 nitrogen and oxygen atoms in total. The summed E-state index contributed by atoms with van der Waals surface area (Å²) in [6.07, 6.45) is 3.78. The summed E-state index contributed by atoms with van der Waals surface area (Å²) < 4.78 is 13.0. The molecule has 0 saturated carbocycles. The molecule has 0 aliphatic heterocycles. The number of rotatable bonds is 4. The van der Waals surface area contributed by atoms with Crippen LogP contribution in [0.1, 0.15) is 5.69 Å². The first kappa shape index (κ1) is 15.4. The number of benzene rings is 2. The maximum absolute atomic E-state index is 13.0. The fourth-order valence-corrected chi connectivity index (χ4v) is 2.72. The Morgan fingerprint density at radius 3 is 2.52 bits per heavy atom. The lowest BCUT2D eigenvalue weighted by Gasteiger charge is -2.03. The molecule has 0 amide bonds. The van der Waals surface area contributed by atoms with Crippen LogP contribution in [0.5, 0.6) is 0 Å². The van der Waals surface area contributed by atoms with Gasteiger partial charge < -0.3 is 0 Å². The number of halogens is 1. The molecule has 23 heavy (non-hydrogen) atoms. The molecule has 0 unspecified atom stereocenters. The van der Waals surface area contributed by atoms with Crippen LogP contribution in [-0.2, 0) is 0 Å². The number of para-hydroxylation sites is 1. The lowest BCUT2D eigenvalue weighted by Crippen LogP contribution is -1.90. The molecule has 0 N–H and O–H groups in total. The van der Waals surface area contributed by atoms with Gasteiger partial charge in [-0.15, -0.1) is 11.8 Å². The van der Waals surface area contributed by atoms with Crippen molar-refractivity contribution in [2.75, 3.05) is 6.26 Å². The van der Waals surface area contributed by atoms with Gasteiger partial charge in [0.1, 0.15) is 5.82 Å². The number of pyridine rings is 1. The third kappa shape index (κ3) is 3.85. The van der Waals surface area contributed by atoms with Crippen molar-refractivity contribution in [3.05, 3.63) is 78.2 Å². The van der Waals surface area contributed by atoms with Crippen molar-refractivity contribution < 1.29 is 4.39 Å². The van der Waals surface area contributed by atoms with E-state index in [0.717, 1.165) is 27.5 Å². The van der Waals surface area contributed by atoms with Crippen molar-refractivity contribution in [2.45, 2.75) is 4.90 Å². The van der Waals surface area contributed by atoms with E-state index in [2.05, 4.69) is 9.98 Å². The van der Waals surface area contributed by atoms with Crippen LogP contribution in [0.4, 0.5) is 10.1 Å².